The van der Waals surface area contributed by atoms with Crippen LogP contribution in [0.5, 0.6) is 0 Å². The largest absolute Gasteiger partial charge is 0.334 e. The molecule has 0 atom stereocenters. The number of amides is 1. The highest BCUT2D eigenvalue weighted by Gasteiger charge is 2.39. The van der Waals surface area contributed by atoms with Crippen molar-refractivity contribution in [3.05, 3.63) is 107 Å². The van der Waals surface area contributed by atoms with Gasteiger partial charge in [0.25, 0.3) is 5.91 Å². The molecule has 0 saturated carbocycles. The molecule has 2 aliphatic heterocycles. The van der Waals surface area contributed by atoms with Crippen LogP contribution in [0.3, 0.4) is 0 Å². The van der Waals surface area contributed by atoms with Crippen LogP contribution < -0.4 is 4.90 Å². The molecule has 0 unspecified atom stereocenters. The second kappa shape index (κ2) is 9.84. The van der Waals surface area contributed by atoms with E-state index in [2.05, 4.69) is 41.1 Å². The second-order valence-corrected chi connectivity index (χ2v) is 10.5. The van der Waals surface area contributed by atoms with Gasteiger partial charge in [-0.05, 0) is 67.1 Å². The van der Waals surface area contributed by atoms with Crippen LogP contribution in [-0.2, 0) is 11.2 Å². The quantitative estimate of drug-likeness (QED) is 0.276. The molecule has 0 N–H and O–H groups in total. The summed E-state index contributed by atoms with van der Waals surface area (Å²) in [7, 11) is 0. The summed E-state index contributed by atoms with van der Waals surface area (Å²) in [6.07, 6.45) is 2.55. The van der Waals surface area contributed by atoms with Gasteiger partial charge in [-0.1, -0.05) is 60.3 Å². The Kier molecular flexibility index (Phi) is 6.25. The maximum absolute atomic E-state index is 13.9. The first-order valence-corrected chi connectivity index (χ1v) is 13.6. The van der Waals surface area contributed by atoms with E-state index in [0.717, 1.165) is 45.2 Å². The maximum Gasteiger partial charge on any atom is 0.269 e. The molecule has 1 fully saturated rings. The molecule has 1 aromatic heterocycles. The Bertz CT molecular complexity index is 1510. The molecule has 2 aliphatic rings. The van der Waals surface area contributed by atoms with E-state index in [1.807, 2.05) is 65.6 Å². The topological polar surface area (TPSA) is 48.8 Å². The molecule has 6 rings (SSSR count). The molecule has 0 aliphatic carbocycles. The Balaban J connectivity index is 1.42. The zero-order valence-corrected chi connectivity index (χ0v) is 21.4. The van der Waals surface area contributed by atoms with E-state index in [1.54, 1.807) is 18.0 Å². The smallest absolute Gasteiger partial charge is 0.269 e. The standard InChI is InChI=1S/C29H24N4OS2/c1-2-32-24-15-6-7-16-25(24)35-28(32)26-27(34)33(19-17-20-10-4-3-5-11-20)29(36-26)31-23-14-8-13-22-21(23)12-9-18-30-22/h3-16,18H,2,17,19H2,1H3/b28-26-,31-29?. The van der Waals surface area contributed by atoms with Crippen molar-refractivity contribution < 1.29 is 4.79 Å². The second-order valence-electron chi connectivity index (χ2n) is 8.48. The van der Waals surface area contributed by atoms with Gasteiger partial charge >= 0.3 is 0 Å². The number of para-hydroxylation sites is 1. The fourth-order valence-corrected chi connectivity index (χ4v) is 6.92. The number of amidine groups is 1. The van der Waals surface area contributed by atoms with Crippen LogP contribution in [0.15, 0.2) is 111 Å². The first-order valence-electron chi connectivity index (χ1n) is 12.0. The van der Waals surface area contributed by atoms with E-state index in [0.29, 0.717) is 11.7 Å². The van der Waals surface area contributed by atoms with Crippen LogP contribution in [0.1, 0.15) is 12.5 Å². The van der Waals surface area contributed by atoms with Gasteiger partial charge in [-0.3, -0.25) is 14.7 Å². The molecule has 0 spiro atoms. The zero-order chi connectivity index (χ0) is 24.5. The van der Waals surface area contributed by atoms with E-state index in [1.165, 1.54) is 22.2 Å². The van der Waals surface area contributed by atoms with Gasteiger partial charge in [0.1, 0.15) is 9.93 Å². The van der Waals surface area contributed by atoms with E-state index in [9.17, 15) is 4.79 Å². The summed E-state index contributed by atoms with van der Waals surface area (Å²) in [5, 5.41) is 2.67. The number of hydrogen-bond acceptors (Lipinski definition) is 6. The Labute approximate surface area is 218 Å². The molecule has 3 heterocycles. The zero-order valence-electron chi connectivity index (χ0n) is 19.8. The molecule has 0 bridgehead atoms. The summed E-state index contributed by atoms with van der Waals surface area (Å²) < 4.78 is 0. The fourth-order valence-electron chi connectivity index (χ4n) is 4.51. The number of nitrogens with zero attached hydrogens (tertiary/aromatic N) is 4. The van der Waals surface area contributed by atoms with E-state index < -0.39 is 0 Å². The van der Waals surface area contributed by atoms with Gasteiger partial charge in [-0.2, -0.15) is 0 Å². The van der Waals surface area contributed by atoms with Crippen molar-refractivity contribution in [2.24, 2.45) is 4.99 Å². The summed E-state index contributed by atoms with van der Waals surface area (Å²) in [6.45, 7) is 3.49. The average Bonchev–Trinajstić information content (AvgIpc) is 3.45. The van der Waals surface area contributed by atoms with Crippen molar-refractivity contribution >= 4 is 56.9 Å². The molecule has 7 heteroatoms. The Morgan fingerprint density at radius 1 is 0.861 bits per heavy atom. The van der Waals surface area contributed by atoms with Crippen molar-refractivity contribution in [1.82, 2.24) is 9.88 Å². The number of pyridine rings is 1. The van der Waals surface area contributed by atoms with Crippen LogP contribution >= 0.6 is 23.5 Å². The lowest BCUT2D eigenvalue weighted by Crippen LogP contribution is -2.32. The molecule has 1 amide bonds. The van der Waals surface area contributed by atoms with Crippen LogP contribution in [-0.4, -0.2) is 34.0 Å². The molecule has 0 radical (unpaired) electrons. The lowest BCUT2D eigenvalue weighted by atomic mass is 10.1. The third-order valence-corrected chi connectivity index (χ3v) is 8.67. The predicted molar refractivity (Wildman–Crippen MR) is 151 cm³/mol. The highest BCUT2D eigenvalue weighted by molar-refractivity contribution is 8.19. The molecule has 4 aromatic rings. The Hall–Kier alpha value is -3.55. The number of hydrogen-bond donors (Lipinski definition) is 0. The lowest BCUT2D eigenvalue weighted by Gasteiger charge is -2.19. The lowest BCUT2D eigenvalue weighted by molar-refractivity contribution is -0.122. The SMILES string of the molecule is CCN1/C(=C2/SC(=Nc3cccc4ncccc34)N(CCc3ccccc3)C2=O)Sc2ccccc21. The van der Waals surface area contributed by atoms with E-state index in [4.69, 9.17) is 4.99 Å². The van der Waals surface area contributed by atoms with Crippen molar-refractivity contribution in [2.75, 3.05) is 18.0 Å². The number of carbonyl (C=O) groups excluding carboxylic acids is 1. The number of anilines is 1. The predicted octanol–water partition coefficient (Wildman–Crippen LogP) is 6.84. The van der Waals surface area contributed by atoms with Gasteiger partial charge in [-0.25, -0.2) is 4.99 Å². The molecular formula is C29H24N4OS2. The third kappa shape index (κ3) is 4.18. The first-order chi connectivity index (χ1) is 17.7. The number of thioether (sulfide) groups is 2. The van der Waals surface area contributed by atoms with E-state index >= 15 is 0 Å². The van der Waals surface area contributed by atoms with E-state index in [-0.39, 0.29) is 5.91 Å². The molecule has 36 heavy (non-hydrogen) atoms. The molecular weight excluding hydrogens is 484 g/mol. The highest BCUT2D eigenvalue weighted by Crippen LogP contribution is 2.50. The number of aromatic nitrogens is 1. The number of carbonyl (C=O) groups is 1. The Morgan fingerprint density at radius 3 is 2.56 bits per heavy atom. The van der Waals surface area contributed by atoms with Crippen molar-refractivity contribution in [2.45, 2.75) is 18.2 Å². The molecule has 1 saturated heterocycles. The average molecular weight is 509 g/mol. The van der Waals surface area contributed by atoms with Crippen LogP contribution in [0.25, 0.3) is 10.9 Å². The minimum absolute atomic E-state index is 0.0156. The van der Waals surface area contributed by atoms with Crippen LogP contribution in [0.4, 0.5) is 11.4 Å². The minimum atomic E-state index is 0.0156. The molecule has 178 valence electrons. The molecule has 5 nitrogen and oxygen atoms in total. The fraction of sp³-hybridized carbons (Fsp3) is 0.138. The summed E-state index contributed by atoms with van der Waals surface area (Å²) in [5.74, 6) is 0.0156. The van der Waals surface area contributed by atoms with Crippen LogP contribution in [0.2, 0.25) is 0 Å². The summed E-state index contributed by atoms with van der Waals surface area (Å²) in [5.41, 5.74) is 4.06. The van der Waals surface area contributed by atoms with Gasteiger partial charge in [0.05, 0.1) is 16.9 Å². The number of benzene rings is 3. The minimum Gasteiger partial charge on any atom is -0.334 e. The Morgan fingerprint density at radius 2 is 1.69 bits per heavy atom. The van der Waals surface area contributed by atoms with Crippen molar-refractivity contribution in [1.29, 1.82) is 0 Å². The number of fused-ring (bicyclic) bond motifs is 2. The van der Waals surface area contributed by atoms with Gasteiger partial charge in [0, 0.05) is 29.6 Å². The van der Waals surface area contributed by atoms with Gasteiger partial charge in [-0.15, -0.1) is 0 Å². The highest BCUT2D eigenvalue weighted by atomic mass is 32.2. The summed E-state index contributed by atoms with van der Waals surface area (Å²) in [6, 6.07) is 28.5. The summed E-state index contributed by atoms with van der Waals surface area (Å²) >= 11 is 3.14. The molecule has 3 aromatic carbocycles. The summed E-state index contributed by atoms with van der Waals surface area (Å²) in [4.78, 5) is 29.4. The van der Waals surface area contributed by atoms with Crippen LogP contribution in [0, 0.1) is 0 Å². The van der Waals surface area contributed by atoms with Gasteiger partial charge in [0.2, 0.25) is 0 Å². The third-order valence-electron chi connectivity index (χ3n) is 6.29. The van der Waals surface area contributed by atoms with Gasteiger partial charge in [0.15, 0.2) is 5.17 Å². The van der Waals surface area contributed by atoms with Crippen molar-refractivity contribution in [3.63, 3.8) is 0 Å². The van der Waals surface area contributed by atoms with Gasteiger partial charge < -0.3 is 4.90 Å². The van der Waals surface area contributed by atoms with Crippen molar-refractivity contribution in [3.8, 4) is 0 Å². The maximum atomic E-state index is 13.9. The first kappa shape index (κ1) is 22.9. The normalized spacial score (nSPS) is 18.5. The number of rotatable bonds is 5. The number of aliphatic imine (C=N–C) groups is 1. The monoisotopic (exact) mass is 508 g/mol.